The molecule has 0 saturated carbocycles. The number of rotatable bonds is 3. The largest absolute Gasteiger partial charge is 0.324 e. The number of aromatic nitrogens is 4. The first-order chi connectivity index (χ1) is 13.4. The maximum Gasteiger partial charge on any atom is 0.256 e. The average molecular weight is 396 g/mol. The molecule has 9 heteroatoms. The highest BCUT2D eigenvalue weighted by Crippen LogP contribution is 2.32. The smallest absolute Gasteiger partial charge is 0.256 e. The zero-order valence-electron chi connectivity index (χ0n) is 15.8. The van der Waals surface area contributed by atoms with Crippen LogP contribution in [0.15, 0.2) is 35.5 Å². The third-order valence-electron chi connectivity index (χ3n) is 4.62. The highest BCUT2D eigenvalue weighted by atomic mass is 32.2. The van der Waals surface area contributed by atoms with Crippen LogP contribution < -0.4 is 10.2 Å². The van der Waals surface area contributed by atoms with Crippen LogP contribution in [-0.4, -0.2) is 43.2 Å². The molecule has 3 heterocycles. The van der Waals surface area contributed by atoms with E-state index < -0.39 is 0 Å². The molecule has 1 N–H and O–H groups in total. The van der Waals surface area contributed by atoms with E-state index in [0.717, 1.165) is 11.4 Å². The third-order valence-corrected chi connectivity index (χ3v) is 5.53. The Morgan fingerprint density at radius 2 is 2.07 bits per heavy atom. The molecule has 0 bridgehead atoms. The van der Waals surface area contributed by atoms with Gasteiger partial charge in [0.05, 0.1) is 17.1 Å². The van der Waals surface area contributed by atoms with E-state index in [1.54, 1.807) is 4.90 Å². The SMILES string of the molecule is Cc1cc(C)n2c(SCC(=O)N3c4ccccc4NC(=O)C[C@@H]3C)nnc2n1. The summed E-state index contributed by atoms with van der Waals surface area (Å²) < 4.78 is 1.84. The normalized spacial score (nSPS) is 16.6. The molecule has 3 aromatic rings. The number of aryl methyl sites for hydroxylation is 2. The molecule has 2 amide bonds. The van der Waals surface area contributed by atoms with E-state index in [1.807, 2.05) is 55.5 Å². The van der Waals surface area contributed by atoms with Crippen LogP contribution >= 0.6 is 11.8 Å². The Morgan fingerprint density at radius 3 is 2.89 bits per heavy atom. The van der Waals surface area contributed by atoms with Crippen LogP contribution in [0.25, 0.3) is 5.78 Å². The Bertz CT molecular complexity index is 1080. The van der Waals surface area contributed by atoms with E-state index in [4.69, 9.17) is 0 Å². The van der Waals surface area contributed by atoms with Crippen LogP contribution in [0.5, 0.6) is 0 Å². The third kappa shape index (κ3) is 3.33. The highest BCUT2D eigenvalue weighted by Gasteiger charge is 2.29. The number of nitrogens with one attached hydrogen (secondary N) is 1. The minimum absolute atomic E-state index is 0.0871. The summed E-state index contributed by atoms with van der Waals surface area (Å²) in [5.74, 6) is 0.524. The van der Waals surface area contributed by atoms with Crippen molar-refractivity contribution in [2.45, 2.75) is 38.4 Å². The number of thioether (sulfide) groups is 1. The molecule has 2 aromatic heterocycles. The molecule has 1 aromatic carbocycles. The second-order valence-corrected chi connectivity index (χ2v) is 7.77. The minimum atomic E-state index is -0.238. The fraction of sp³-hybridized carbons (Fsp3) is 0.316. The summed E-state index contributed by atoms with van der Waals surface area (Å²) in [6.45, 7) is 5.75. The molecule has 0 saturated heterocycles. The predicted molar refractivity (Wildman–Crippen MR) is 108 cm³/mol. The maximum atomic E-state index is 13.1. The number of carbonyl (C=O) groups excluding carboxylic acids is 2. The van der Waals surface area contributed by atoms with E-state index >= 15 is 0 Å². The molecule has 0 aliphatic carbocycles. The van der Waals surface area contributed by atoms with Crippen LogP contribution in [0.2, 0.25) is 0 Å². The molecule has 1 aliphatic rings. The summed E-state index contributed by atoms with van der Waals surface area (Å²) in [4.78, 5) is 31.3. The lowest BCUT2D eigenvalue weighted by Gasteiger charge is -2.27. The van der Waals surface area contributed by atoms with Gasteiger partial charge in [-0.1, -0.05) is 23.9 Å². The number of hydrogen-bond acceptors (Lipinski definition) is 6. The van der Waals surface area contributed by atoms with E-state index in [-0.39, 0.29) is 30.0 Å². The van der Waals surface area contributed by atoms with Crippen molar-refractivity contribution in [1.82, 2.24) is 19.6 Å². The first kappa shape index (κ1) is 18.4. The van der Waals surface area contributed by atoms with Gasteiger partial charge in [-0.3, -0.25) is 14.0 Å². The van der Waals surface area contributed by atoms with Crippen LogP contribution in [0, 0.1) is 13.8 Å². The average Bonchev–Trinajstić information content (AvgIpc) is 2.98. The van der Waals surface area contributed by atoms with Crippen LogP contribution in [0.4, 0.5) is 11.4 Å². The predicted octanol–water partition coefficient (Wildman–Crippen LogP) is 2.60. The van der Waals surface area contributed by atoms with Gasteiger partial charge in [0.25, 0.3) is 5.78 Å². The van der Waals surface area contributed by atoms with Gasteiger partial charge in [0.15, 0.2) is 5.16 Å². The molecule has 28 heavy (non-hydrogen) atoms. The number of carbonyl (C=O) groups is 2. The van der Waals surface area contributed by atoms with Crippen molar-refractivity contribution in [2.75, 3.05) is 16.0 Å². The van der Waals surface area contributed by atoms with Gasteiger partial charge in [0, 0.05) is 23.9 Å². The number of nitrogens with zero attached hydrogens (tertiary/aromatic N) is 5. The zero-order chi connectivity index (χ0) is 19.8. The molecule has 8 nitrogen and oxygen atoms in total. The Kier molecular flexibility index (Phi) is 4.76. The fourth-order valence-corrected chi connectivity index (χ4v) is 4.30. The van der Waals surface area contributed by atoms with Gasteiger partial charge in [-0.05, 0) is 39.0 Å². The van der Waals surface area contributed by atoms with E-state index in [2.05, 4.69) is 20.5 Å². The second-order valence-electron chi connectivity index (χ2n) is 6.83. The van der Waals surface area contributed by atoms with Gasteiger partial charge in [0.1, 0.15) is 0 Å². The Balaban J connectivity index is 1.60. The number of benzene rings is 1. The van der Waals surface area contributed by atoms with Crippen molar-refractivity contribution in [3.05, 3.63) is 41.7 Å². The van der Waals surface area contributed by atoms with Crippen LogP contribution in [0.3, 0.4) is 0 Å². The highest BCUT2D eigenvalue weighted by molar-refractivity contribution is 7.99. The van der Waals surface area contributed by atoms with Crippen molar-refractivity contribution in [1.29, 1.82) is 0 Å². The lowest BCUT2D eigenvalue weighted by molar-refractivity contribution is -0.117. The summed E-state index contributed by atoms with van der Waals surface area (Å²) >= 11 is 1.32. The number of amides is 2. The molecule has 1 atom stereocenters. The van der Waals surface area contributed by atoms with Crippen molar-refractivity contribution in [3.8, 4) is 0 Å². The van der Waals surface area contributed by atoms with Gasteiger partial charge in [-0.15, -0.1) is 10.2 Å². The standard InChI is InChI=1S/C19H20N6O2S/c1-11-8-12(2)25-18(20-11)22-23-19(25)28-10-17(27)24-13(3)9-16(26)21-14-6-4-5-7-15(14)24/h4-8,13H,9-10H2,1-3H3,(H,21,26)/t13-/m0/s1. The lowest BCUT2D eigenvalue weighted by atomic mass is 10.2. The monoisotopic (exact) mass is 396 g/mol. The summed E-state index contributed by atoms with van der Waals surface area (Å²) in [6.07, 6.45) is 0.251. The minimum Gasteiger partial charge on any atom is -0.324 e. The van der Waals surface area contributed by atoms with Gasteiger partial charge >= 0.3 is 0 Å². The lowest BCUT2D eigenvalue weighted by Crippen LogP contribution is -2.40. The molecular formula is C19H20N6O2S. The zero-order valence-corrected chi connectivity index (χ0v) is 16.7. The Morgan fingerprint density at radius 1 is 1.29 bits per heavy atom. The second kappa shape index (κ2) is 7.23. The Hall–Kier alpha value is -2.94. The molecule has 4 rings (SSSR count). The first-order valence-electron chi connectivity index (χ1n) is 8.97. The van der Waals surface area contributed by atoms with Gasteiger partial charge in [-0.25, -0.2) is 4.98 Å². The maximum absolute atomic E-state index is 13.1. The van der Waals surface area contributed by atoms with Gasteiger partial charge in [-0.2, -0.15) is 0 Å². The summed E-state index contributed by atoms with van der Waals surface area (Å²) in [6, 6.07) is 9.07. The van der Waals surface area contributed by atoms with Crippen LogP contribution in [-0.2, 0) is 9.59 Å². The van der Waals surface area contributed by atoms with E-state index in [0.29, 0.717) is 22.3 Å². The van der Waals surface area contributed by atoms with Gasteiger partial charge in [0.2, 0.25) is 11.8 Å². The molecule has 0 fully saturated rings. The number of fused-ring (bicyclic) bond motifs is 2. The van der Waals surface area contributed by atoms with Gasteiger partial charge < -0.3 is 10.2 Å². The molecular weight excluding hydrogens is 376 g/mol. The van der Waals surface area contributed by atoms with Crippen molar-refractivity contribution in [3.63, 3.8) is 0 Å². The first-order valence-corrected chi connectivity index (χ1v) is 9.95. The van der Waals surface area contributed by atoms with Crippen molar-refractivity contribution in [2.24, 2.45) is 0 Å². The molecule has 0 spiro atoms. The number of hydrogen-bond donors (Lipinski definition) is 1. The molecule has 1 aliphatic heterocycles. The Labute approximate surface area is 166 Å². The fourth-order valence-electron chi connectivity index (χ4n) is 3.46. The van der Waals surface area contributed by atoms with Crippen molar-refractivity contribution >= 4 is 40.7 Å². The molecule has 0 radical (unpaired) electrons. The molecule has 0 unspecified atom stereocenters. The molecule has 144 valence electrons. The topological polar surface area (TPSA) is 92.5 Å². The summed E-state index contributed by atoms with van der Waals surface area (Å²) in [7, 11) is 0. The van der Waals surface area contributed by atoms with Crippen molar-refractivity contribution < 1.29 is 9.59 Å². The van der Waals surface area contributed by atoms with Crippen LogP contribution in [0.1, 0.15) is 24.7 Å². The number of para-hydroxylation sites is 2. The number of anilines is 2. The quantitative estimate of drug-likeness (QED) is 0.684. The van der Waals surface area contributed by atoms with E-state index in [1.165, 1.54) is 11.8 Å². The summed E-state index contributed by atoms with van der Waals surface area (Å²) in [5, 5.41) is 11.8. The summed E-state index contributed by atoms with van der Waals surface area (Å²) in [5.41, 5.74) is 3.20. The van der Waals surface area contributed by atoms with E-state index in [9.17, 15) is 9.59 Å².